The Hall–Kier alpha value is -1.75. The number of nitrogens with zero attached hydrogens (tertiary/aromatic N) is 1. The lowest BCUT2D eigenvalue weighted by molar-refractivity contribution is 0.0693. The van der Waals surface area contributed by atoms with Gasteiger partial charge in [0.1, 0.15) is 0 Å². The summed E-state index contributed by atoms with van der Waals surface area (Å²) in [5.74, 6) is 1.99. The van der Waals surface area contributed by atoms with Crippen LogP contribution in [0.4, 0.5) is 0 Å². The van der Waals surface area contributed by atoms with E-state index in [1.807, 2.05) is 23.1 Å². The molecule has 2 aliphatic rings. The molecule has 1 aromatic carbocycles. The van der Waals surface area contributed by atoms with Crippen LogP contribution in [0.2, 0.25) is 0 Å². The molecule has 1 aliphatic heterocycles. The second-order valence-electron chi connectivity index (χ2n) is 6.86. The second-order valence-corrected chi connectivity index (χ2v) is 6.86. The Bertz CT molecular complexity index is 562. The summed E-state index contributed by atoms with van der Waals surface area (Å²) < 4.78 is 11.5. The van der Waals surface area contributed by atoms with Crippen LogP contribution in [0.5, 0.6) is 11.5 Å². The molecule has 1 aliphatic carbocycles. The molecule has 5 nitrogen and oxygen atoms in total. The summed E-state index contributed by atoms with van der Waals surface area (Å²) in [6.07, 6.45) is 6.89. The highest BCUT2D eigenvalue weighted by atomic mass is 16.5. The molecule has 0 aromatic heterocycles. The van der Waals surface area contributed by atoms with E-state index in [4.69, 9.17) is 15.2 Å². The van der Waals surface area contributed by atoms with Crippen LogP contribution in [0.1, 0.15) is 48.9 Å². The average Bonchev–Trinajstić information content (AvgIpc) is 3.14. The molecule has 1 saturated heterocycles. The summed E-state index contributed by atoms with van der Waals surface area (Å²) in [7, 11) is 1.62. The molecule has 0 unspecified atom stereocenters. The van der Waals surface area contributed by atoms with Crippen molar-refractivity contribution in [3.05, 3.63) is 23.8 Å². The molecule has 1 heterocycles. The summed E-state index contributed by atoms with van der Waals surface area (Å²) in [5.41, 5.74) is 6.39. The molecule has 3 rings (SSSR count). The van der Waals surface area contributed by atoms with Gasteiger partial charge in [0.25, 0.3) is 5.91 Å². The van der Waals surface area contributed by atoms with E-state index in [1.165, 1.54) is 12.8 Å². The number of hydrogen-bond donors (Lipinski definition) is 1. The molecule has 0 radical (unpaired) electrons. The van der Waals surface area contributed by atoms with Gasteiger partial charge in [0, 0.05) is 18.7 Å². The molecule has 132 valence electrons. The zero-order valence-electron chi connectivity index (χ0n) is 14.5. The fourth-order valence-corrected chi connectivity index (χ4v) is 3.64. The molecule has 1 aromatic rings. The van der Waals surface area contributed by atoms with Crippen molar-refractivity contribution in [2.75, 3.05) is 26.7 Å². The fourth-order valence-electron chi connectivity index (χ4n) is 3.64. The molecule has 1 saturated carbocycles. The van der Waals surface area contributed by atoms with Gasteiger partial charge in [0.15, 0.2) is 11.5 Å². The lowest BCUT2D eigenvalue weighted by Crippen LogP contribution is -2.40. The summed E-state index contributed by atoms with van der Waals surface area (Å²) in [6, 6.07) is 5.53. The highest BCUT2D eigenvalue weighted by molar-refractivity contribution is 5.95. The Labute approximate surface area is 144 Å². The number of methoxy groups -OCH3 is 1. The highest BCUT2D eigenvalue weighted by Crippen LogP contribution is 2.33. The van der Waals surface area contributed by atoms with Crippen molar-refractivity contribution in [1.82, 2.24) is 4.90 Å². The van der Waals surface area contributed by atoms with E-state index in [9.17, 15) is 4.79 Å². The van der Waals surface area contributed by atoms with Gasteiger partial charge in [-0.1, -0.05) is 0 Å². The largest absolute Gasteiger partial charge is 0.493 e. The van der Waals surface area contributed by atoms with Crippen molar-refractivity contribution in [2.24, 2.45) is 11.7 Å². The molecule has 0 atom stereocenters. The average molecular weight is 332 g/mol. The number of ether oxygens (including phenoxy) is 2. The van der Waals surface area contributed by atoms with E-state index in [-0.39, 0.29) is 12.0 Å². The third-order valence-corrected chi connectivity index (χ3v) is 5.24. The normalized spacial score (nSPS) is 19.5. The predicted octanol–water partition coefficient (Wildman–Crippen LogP) is 2.83. The Morgan fingerprint density at radius 2 is 1.88 bits per heavy atom. The van der Waals surface area contributed by atoms with Crippen LogP contribution in [0.15, 0.2) is 18.2 Å². The lowest BCUT2D eigenvalue weighted by Gasteiger charge is -2.31. The summed E-state index contributed by atoms with van der Waals surface area (Å²) in [5, 5.41) is 0. The maximum atomic E-state index is 12.7. The highest BCUT2D eigenvalue weighted by Gasteiger charge is 2.24. The zero-order valence-corrected chi connectivity index (χ0v) is 14.5. The van der Waals surface area contributed by atoms with Gasteiger partial charge in [0.05, 0.1) is 13.2 Å². The van der Waals surface area contributed by atoms with Gasteiger partial charge in [0.2, 0.25) is 0 Å². The third kappa shape index (κ3) is 3.83. The number of hydrogen-bond acceptors (Lipinski definition) is 4. The number of carbonyl (C=O) groups excluding carboxylic acids is 1. The van der Waals surface area contributed by atoms with Crippen molar-refractivity contribution in [3.63, 3.8) is 0 Å². The number of benzene rings is 1. The van der Waals surface area contributed by atoms with Crippen LogP contribution in [0.25, 0.3) is 0 Å². The predicted molar refractivity (Wildman–Crippen MR) is 93.6 cm³/mol. The van der Waals surface area contributed by atoms with E-state index in [0.717, 1.165) is 44.5 Å². The number of piperidine rings is 1. The Morgan fingerprint density at radius 3 is 2.50 bits per heavy atom. The van der Waals surface area contributed by atoms with Crippen molar-refractivity contribution in [3.8, 4) is 11.5 Å². The monoisotopic (exact) mass is 332 g/mol. The first kappa shape index (κ1) is 17.1. The molecular formula is C19H28N2O3. The number of nitrogens with two attached hydrogens (primary N) is 1. The molecule has 0 spiro atoms. The van der Waals surface area contributed by atoms with Gasteiger partial charge in [-0.05, 0) is 69.2 Å². The van der Waals surface area contributed by atoms with Gasteiger partial charge in [-0.3, -0.25) is 4.79 Å². The summed E-state index contributed by atoms with van der Waals surface area (Å²) in [6.45, 7) is 2.27. The third-order valence-electron chi connectivity index (χ3n) is 5.24. The molecule has 2 fully saturated rings. The Balaban J connectivity index is 1.68. The second kappa shape index (κ2) is 7.88. The van der Waals surface area contributed by atoms with Gasteiger partial charge >= 0.3 is 0 Å². The molecule has 1 amide bonds. The Kier molecular flexibility index (Phi) is 5.61. The van der Waals surface area contributed by atoms with Crippen molar-refractivity contribution < 1.29 is 14.3 Å². The van der Waals surface area contributed by atoms with Crippen LogP contribution >= 0.6 is 0 Å². The first-order valence-corrected chi connectivity index (χ1v) is 9.05. The quantitative estimate of drug-likeness (QED) is 0.900. The molecule has 24 heavy (non-hydrogen) atoms. The van der Waals surface area contributed by atoms with Crippen LogP contribution < -0.4 is 15.2 Å². The summed E-state index contributed by atoms with van der Waals surface area (Å²) in [4.78, 5) is 14.6. The van der Waals surface area contributed by atoms with E-state index >= 15 is 0 Å². The van der Waals surface area contributed by atoms with E-state index in [0.29, 0.717) is 23.8 Å². The minimum Gasteiger partial charge on any atom is -0.493 e. The van der Waals surface area contributed by atoms with Gasteiger partial charge < -0.3 is 20.1 Å². The first-order valence-electron chi connectivity index (χ1n) is 9.05. The minimum atomic E-state index is 0.0659. The minimum absolute atomic E-state index is 0.0659. The number of amides is 1. The fraction of sp³-hybridized carbons (Fsp3) is 0.632. The summed E-state index contributed by atoms with van der Waals surface area (Å²) >= 11 is 0. The number of likely N-dealkylation sites (tertiary alicyclic amines) is 1. The smallest absolute Gasteiger partial charge is 0.253 e. The Morgan fingerprint density at radius 1 is 1.17 bits per heavy atom. The zero-order chi connectivity index (χ0) is 16.9. The van der Waals surface area contributed by atoms with Gasteiger partial charge in [-0.2, -0.15) is 0 Å². The van der Waals surface area contributed by atoms with E-state index < -0.39 is 0 Å². The molecular weight excluding hydrogens is 304 g/mol. The van der Waals surface area contributed by atoms with Crippen molar-refractivity contribution in [1.29, 1.82) is 0 Å². The standard InChI is InChI=1S/C19H28N2O3/c1-23-18-12-15(6-7-17(18)24-16-4-2-3-5-16)19(22)21-10-8-14(13-20)9-11-21/h6-7,12,14,16H,2-5,8-11,13,20H2,1H3. The maximum Gasteiger partial charge on any atom is 0.253 e. The molecule has 5 heteroatoms. The van der Waals surface area contributed by atoms with Crippen LogP contribution in [-0.4, -0.2) is 43.7 Å². The molecule has 0 bridgehead atoms. The number of rotatable bonds is 5. The maximum absolute atomic E-state index is 12.7. The van der Waals surface area contributed by atoms with Gasteiger partial charge in [-0.25, -0.2) is 0 Å². The van der Waals surface area contributed by atoms with Crippen molar-refractivity contribution >= 4 is 5.91 Å². The molecule has 2 N–H and O–H groups in total. The number of carbonyl (C=O) groups is 1. The van der Waals surface area contributed by atoms with Gasteiger partial charge in [-0.15, -0.1) is 0 Å². The van der Waals surface area contributed by atoms with E-state index in [1.54, 1.807) is 7.11 Å². The first-order chi connectivity index (χ1) is 11.7. The van der Waals surface area contributed by atoms with Crippen molar-refractivity contribution in [2.45, 2.75) is 44.6 Å². The van der Waals surface area contributed by atoms with Crippen LogP contribution in [-0.2, 0) is 0 Å². The van der Waals surface area contributed by atoms with Crippen LogP contribution in [0, 0.1) is 5.92 Å². The van der Waals surface area contributed by atoms with Crippen LogP contribution in [0.3, 0.4) is 0 Å². The topological polar surface area (TPSA) is 64.8 Å². The van der Waals surface area contributed by atoms with E-state index in [2.05, 4.69) is 0 Å². The SMILES string of the molecule is COc1cc(C(=O)N2CCC(CN)CC2)ccc1OC1CCCC1. The lowest BCUT2D eigenvalue weighted by atomic mass is 9.96.